The fourth-order valence-electron chi connectivity index (χ4n) is 0.126. The van der Waals surface area contributed by atoms with Gasteiger partial charge >= 0.3 is 0 Å². The number of hydrogen-bond donors (Lipinski definition) is 2. The van der Waals surface area contributed by atoms with Gasteiger partial charge in [-0.3, -0.25) is 5.50 Å². The average molecular weight is 143 g/mol. The van der Waals surface area contributed by atoms with Crippen LogP contribution in [-0.4, -0.2) is 13.8 Å². The van der Waals surface area contributed by atoms with E-state index >= 15 is 0 Å². The molecule has 0 bridgehead atoms. The second-order valence-electron chi connectivity index (χ2n) is 0.902. The van der Waals surface area contributed by atoms with E-state index in [4.69, 9.17) is 16.7 Å². The summed E-state index contributed by atoms with van der Waals surface area (Å²) < 4.78 is 4.59. The molecule has 0 rings (SSSR count). The number of ether oxygens (including phenoxy) is 1. The Morgan fingerprint density at radius 3 is 2.71 bits per heavy atom. The highest BCUT2D eigenvalue weighted by Gasteiger charge is 1.89. The maximum Gasteiger partial charge on any atom is 0.133 e. The lowest BCUT2D eigenvalue weighted by atomic mass is 11.3. The Labute approximate surface area is 48.8 Å². The molecule has 0 aromatic carbocycles. The highest BCUT2D eigenvalue weighted by molar-refractivity contribution is 7.80. The molecule has 3 N–H and O–H groups in total. The Bertz CT molecular complexity index is 44.7. The minimum atomic E-state index is -1.01. The Hall–Kier alpha value is 0.600. The standard InChI is InChI=1S/C2H8ClN2OP/c1-6-2-5-7(3)4/h5H,2,4H2,1H3. The zero-order chi connectivity index (χ0) is 5.70. The maximum atomic E-state index is 5.31. The fraction of sp³-hybridized carbons (Fsp3) is 1.00. The van der Waals surface area contributed by atoms with E-state index in [0.29, 0.717) is 6.73 Å². The summed E-state index contributed by atoms with van der Waals surface area (Å²) in [5, 5.41) is 2.68. The summed E-state index contributed by atoms with van der Waals surface area (Å²) in [7, 11) is 0.563. The molecular weight excluding hydrogens is 134 g/mol. The predicted octanol–water partition coefficient (Wildman–Crippen LogP) is 0.604. The second kappa shape index (κ2) is 4.75. The molecular formula is C2H8ClN2OP. The molecule has 7 heavy (non-hydrogen) atoms. The summed E-state index contributed by atoms with van der Waals surface area (Å²) in [6, 6.07) is 0. The van der Waals surface area contributed by atoms with Gasteiger partial charge in [-0.15, -0.1) is 0 Å². The molecule has 0 amide bonds. The van der Waals surface area contributed by atoms with Gasteiger partial charge in [-0.2, -0.15) is 0 Å². The van der Waals surface area contributed by atoms with E-state index in [2.05, 4.69) is 9.82 Å². The lowest BCUT2D eigenvalue weighted by molar-refractivity contribution is 0.196. The topological polar surface area (TPSA) is 47.3 Å². The molecule has 1 unspecified atom stereocenters. The number of rotatable bonds is 3. The molecule has 0 aromatic rings. The SMILES string of the molecule is COCNP(N)Cl. The molecule has 0 aliphatic rings. The largest absolute Gasteiger partial charge is 0.369 e. The van der Waals surface area contributed by atoms with Crippen molar-refractivity contribution >= 4 is 18.8 Å². The summed E-state index contributed by atoms with van der Waals surface area (Å²) in [4.78, 5) is 0. The molecule has 44 valence electrons. The number of nitrogens with two attached hydrogens (primary N) is 1. The number of halogens is 1. The summed E-state index contributed by atoms with van der Waals surface area (Å²) in [5.41, 5.74) is 5.12. The van der Waals surface area contributed by atoms with Gasteiger partial charge in [-0.05, 0) is 0 Å². The minimum Gasteiger partial charge on any atom is -0.369 e. The van der Waals surface area contributed by atoms with Gasteiger partial charge in [-0.1, -0.05) is 11.2 Å². The molecule has 3 nitrogen and oxygen atoms in total. The highest BCUT2D eigenvalue weighted by atomic mass is 35.7. The molecule has 1 atom stereocenters. The molecule has 0 aliphatic heterocycles. The van der Waals surface area contributed by atoms with E-state index in [1.54, 1.807) is 7.11 Å². The van der Waals surface area contributed by atoms with Crippen molar-refractivity contribution < 1.29 is 4.74 Å². The fourth-order valence-corrected chi connectivity index (χ4v) is 0.525. The van der Waals surface area contributed by atoms with E-state index in [0.717, 1.165) is 0 Å². The molecule has 0 aliphatic carbocycles. The van der Waals surface area contributed by atoms with Gasteiger partial charge in [-0.25, -0.2) is 5.09 Å². The summed E-state index contributed by atoms with van der Waals surface area (Å²) in [6.45, 7) is 0.422. The van der Waals surface area contributed by atoms with Crippen molar-refractivity contribution in [3.8, 4) is 0 Å². The van der Waals surface area contributed by atoms with Gasteiger partial charge in [0.25, 0.3) is 0 Å². The lowest BCUT2D eigenvalue weighted by Crippen LogP contribution is -2.11. The first kappa shape index (κ1) is 7.60. The van der Waals surface area contributed by atoms with Crippen LogP contribution in [0, 0.1) is 0 Å². The third-order valence-electron chi connectivity index (χ3n) is 0.360. The zero-order valence-electron chi connectivity index (χ0n) is 4.02. The molecule has 0 heterocycles. The molecule has 0 fully saturated rings. The Morgan fingerprint density at radius 1 is 2.00 bits per heavy atom. The Morgan fingerprint density at radius 2 is 2.57 bits per heavy atom. The normalized spacial score (nSPS) is 14.1. The van der Waals surface area contributed by atoms with Gasteiger partial charge in [0.1, 0.15) is 14.3 Å². The van der Waals surface area contributed by atoms with Gasteiger partial charge in [0.15, 0.2) is 0 Å². The summed E-state index contributed by atoms with van der Waals surface area (Å²) >= 11 is 5.31. The molecule has 0 saturated heterocycles. The van der Waals surface area contributed by atoms with Crippen LogP contribution in [-0.2, 0) is 4.74 Å². The van der Waals surface area contributed by atoms with Crippen molar-refractivity contribution in [3.05, 3.63) is 0 Å². The third-order valence-corrected chi connectivity index (χ3v) is 1.15. The van der Waals surface area contributed by atoms with E-state index in [-0.39, 0.29) is 0 Å². The van der Waals surface area contributed by atoms with Crippen LogP contribution in [0.4, 0.5) is 0 Å². The van der Waals surface area contributed by atoms with Crippen molar-refractivity contribution in [1.82, 2.24) is 5.09 Å². The average Bonchev–Trinajstić information content (AvgIpc) is 1.61. The maximum absolute atomic E-state index is 5.31. The van der Waals surface area contributed by atoms with Crippen LogP contribution >= 0.6 is 18.8 Å². The lowest BCUT2D eigenvalue weighted by Gasteiger charge is -2.01. The Balaban J connectivity index is 2.68. The summed E-state index contributed by atoms with van der Waals surface area (Å²) in [5.74, 6) is 0. The molecule has 5 heteroatoms. The van der Waals surface area contributed by atoms with Gasteiger partial charge < -0.3 is 4.74 Å². The van der Waals surface area contributed by atoms with E-state index < -0.39 is 7.58 Å². The van der Waals surface area contributed by atoms with Gasteiger partial charge in [0, 0.05) is 7.11 Å². The zero-order valence-corrected chi connectivity index (χ0v) is 5.67. The van der Waals surface area contributed by atoms with E-state index in [9.17, 15) is 0 Å². The first-order chi connectivity index (χ1) is 3.27. The van der Waals surface area contributed by atoms with E-state index in [1.807, 2.05) is 0 Å². The quantitative estimate of drug-likeness (QED) is 0.448. The smallest absolute Gasteiger partial charge is 0.133 e. The van der Waals surface area contributed by atoms with Crippen LogP contribution in [0.15, 0.2) is 0 Å². The first-order valence-electron chi connectivity index (χ1n) is 1.70. The van der Waals surface area contributed by atoms with Crippen LogP contribution in [0.5, 0.6) is 0 Å². The van der Waals surface area contributed by atoms with Crippen molar-refractivity contribution in [2.75, 3.05) is 13.8 Å². The number of nitrogens with one attached hydrogen (secondary N) is 1. The van der Waals surface area contributed by atoms with Crippen LogP contribution < -0.4 is 10.6 Å². The highest BCUT2D eigenvalue weighted by Crippen LogP contribution is 2.23. The van der Waals surface area contributed by atoms with Crippen molar-refractivity contribution in [2.45, 2.75) is 0 Å². The van der Waals surface area contributed by atoms with Crippen LogP contribution in [0.2, 0.25) is 0 Å². The summed E-state index contributed by atoms with van der Waals surface area (Å²) in [6.07, 6.45) is 0. The van der Waals surface area contributed by atoms with Crippen molar-refractivity contribution in [3.63, 3.8) is 0 Å². The minimum absolute atomic E-state index is 0.422. The van der Waals surface area contributed by atoms with Gasteiger partial charge in [0.2, 0.25) is 0 Å². The molecule has 0 spiro atoms. The van der Waals surface area contributed by atoms with Crippen LogP contribution in [0.1, 0.15) is 0 Å². The number of methoxy groups -OCH3 is 1. The second-order valence-corrected chi connectivity index (χ2v) is 2.93. The predicted molar refractivity (Wildman–Crippen MR) is 32.0 cm³/mol. The monoisotopic (exact) mass is 142 g/mol. The van der Waals surface area contributed by atoms with Crippen LogP contribution in [0.3, 0.4) is 0 Å². The molecule has 0 radical (unpaired) electrons. The van der Waals surface area contributed by atoms with Gasteiger partial charge in [0.05, 0.1) is 0 Å². The van der Waals surface area contributed by atoms with E-state index in [1.165, 1.54) is 0 Å². The number of hydrogen-bond acceptors (Lipinski definition) is 3. The van der Waals surface area contributed by atoms with Crippen molar-refractivity contribution in [1.29, 1.82) is 0 Å². The molecule has 0 aromatic heterocycles. The first-order valence-corrected chi connectivity index (χ1v) is 4.02. The molecule has 0 saturated carbocycles. The third kappa shape index (κ3) is 6.60. The Kier molecular flexibility index (Phi) is 5.16. The van der Waals surface area contributed by atoms with Crippen molar-refractivity contribution in [2.24, 2.45) is 5.50 Å². The van der Waals surface area contributed by atoms with Crippen LogP contribution in [0.25, 0.3) is 0 Å².